The summed E-state index contributed by atoms with van der Waals surface area (Å²) in [6.45, 7) is 5.45. The molecule has 9 nitrogen and oxygen atoms in total. The normalized spacial score (nSPS) is 20.1. The molecular formula is C26H31N5O4. The van der Waals surface area contributed by atoms with Crippen molar-refractivity contribution in [2.75, 3.05) is 25.1 Å². The Hall–Kier alpha value is -3.62. The van der Waals surface area contributed by atoms with Crippen LogP contribution in [0.25, 0.3) is 0 Å². The smallest absolute Gasteiger partial charge is 0.415 e. The minimum Gasteiger partial charge on any atom is -0.497 e. The second-order valence-electron chi connectivity index (χ2n) is 9.16. The predicted molar refractivity (Wildman–Crippen MR) is 132 cm³/mol. The molecule has 4 heterocycles. The van der Waals surface area contributed by atoms with Crippen molar-refractivity contribution in [1.29, 1.82) is 0 Å². The van der Waals surface area contributed by atoms with E-state index in [-0.39, 0.29) is 12.1 Å². The summed E-state index contributed by atoms with van der Waals surface area (Å²) >= 11 is 0. The number of allylic oxidation sites excluding steroid dienone is 2. The van der Waals surface area contributed by atoms with Gasteiger partial charge in [-0.05, 0) is 57.4 Å². The van der Waals surface area contributed by atoms with E-state index in [0.717, 1.165) is 60.7 Å². The SMILES string of the molecule is COc1ccc(OC(=O)N2CCC(N3c4ncnc(OC5=C(C)N=CCC5)c4CC3C)CC2)cc1. The Morgan fingerprint density at radius 3 is 2.54 bits per heavy atom. The molecule has 3 aliphatic rings. The molecule has 184 valence electrons. The fourth-order valence-electron chi connectivity index (χ4n) is 5.04. The zero-order valence-corrected chi connectivity index (χ0v) is 20.4. The van der Waals surface area contributed by atoms with Crippen LogP contribution < -0.4 is 19.1 Å². The first-order chi connectivity index (χ1) is 17.0. The maximum absolute atomic E-state index is 12.7. The van der Waals surface area contributed by atoms with Crippen LogP contribution in [-0.2, 0) is 6.42 Å². The third-order valence-electron chi connectivity index (χ3n) is 6.89. The molecule has 2 aromatic rings. The van der Waals surface area contributed by atoms with E-state index in [1.54, 1.807) is 42.6 Å². The lowest BCUT2D eigenvalue weighted by atomic mass is 10.0. The fourth-order valence-corrected chi connectivity index (χ4v) is 5.04. The molecule has 0 bridgehead atoms. The molecule has 9 heteroatoms. The van der Waals surface area contributed by atoms with Gasteiger partial charge in [-0.3, -0.25) is 4.99 Å². The molecule has 1 atom stereocenters. The van der Waals surface area contributed by atoms with E-state index in [2.05, 4.69) is 26.8 Å². The number of aliphatic imine (C=N–C) groups is 1. The first-order valence-electron chi connectivity index (χ1n) is 12.2. The van der Waals surface area contributed by atoms with Crippen LogP contribution in [0.2, 0.25) is 0 Å². The molecule has 1 aromatic carbocycles. The van der Waals surface area contributed by atoms with Crippen LogP contribution in [-0.4, -0.2) is 59.5 Å². The van der Waals surface area contributed by atoms with Gasteiger partial charge in [0.2, 0.25) is 5.88 Å². The monoisotopic (exact) mass is 477 g/mol. The molecule has 1 aromatic heterocycles. The van der Waals surface area contributed by atoms with Gasteiger partial charge < -0.3 is 24.0 Å². The number of aromatic nitrogens is 2. The first-order valence-corrected chi connectivity index (χ1v) is 12.2. The van der Waals surface area contributed by atoms with E-state index < -0.39 is 0 Å². The number of piperidine rings is 1. The molecule has 3 aliphatic heterocycles. The van der Waals surface area contributed by atoms with Crippen LogP contribution in [0.3, 0.4) is 0 Å². The summed E-state index contributed by atoms with van der Waals surface area (Å²) in [5.41, 5.74) is 1.96. The number of nitrogens with zero attached hydrogens (tertiary/aromatic N) is 5. The number of likely N-dealkylation sites (tertiary alicyclic amines) is 1. The Labute approximate surface area is 205 Å². The quantitative estimate of drug-likeness (QED) is 0.632. The highest BCUT2D eigenvalue weighted by Crippen LogP contribution is 2.39. The Kier molecular flexibility index (Phi) is 6.57. The third-order valence-corrected chi connectivity index (χ3v) is 6.89. The molecule has 1 unspecified atom stereocenters. The molecule has 1 amide bonds. The van der Waals surface area contributed by atoms with Crippen molar-refractivity contribution in [3.8, 4) is 17.4 Å². The standard InChI is InChI=1S/C26H31N5O4/c1-17-15-22-24(28-16-29-25(22)35-23-5-4-12-27-18(23)2)31(17)19-10-13-30(14-11-19)26(32)34-21-8-6-20(33-3)7-9-21/h6-9,12,16-17,19H,4-5,10-11,13-15H2,1-3H3. The Morgan fingerprint density at radius 2 is 1.83 bits per heavy atom. The molecule has 5 rings (SSSR count). The van der Waals surface area contributed by atoms with Crippen molar-refractivity contribution < 1.29 is 19.0 Å². The average molecular weight is 478 g/mol. The number of carbonyl (C=O) groups excluding carboxylic acids is 1. The van der Waals surface area contributed by atoms with Gasteiger partial charge in [-0.25, -0.2) is 14.8 Å². The number of fused-ring (bicyclic) bond motifs is 1. The van der Waals surface area contributed by atoms with E-state index in [4.69, 9.17) is 14.2 Å². The number of carbonyl (C=O) groups is 1. The molecule has 0 radical (unpaired) electrons. The van der Waals surface area contributed by atoms with E-state index in [1.165, 1.54) is 0 Å². The Bertz CT molecular complexity index is 1140. The number of rotatable bonds is 5. The number of amides is 1. The van der Waals surface area contributed by atoms with Crippen LogP contribution >= 0.6 is 0 Å². The van der Waals surface area contributed by atoms with Crippen molar-refractivity contribution >= 4 is 18.1 Å². The van der Waals surface area contributed by atoms with Crippen molar-refractivity contribution in [3.63, 3.8) is 0 Å². The molecule has 0 saturated carbocycles. The summed E-state index contributed by atoms with van der Waals surface area (Å²) in [6, 6.07) is 7.61. The van der Waals surface area contributed by atoms with Gasteiger partial charge in [0.15, 0.2) is 0 Å². The van der Waals surface area contributed by atoms with E-state index in [9.17, 15) is 4.79 Å². The molecule has 35 heavy (non-hydrogen) atoms. The summed E-state index contributed by atoms with van der Waals surface area (Å²) in [4.78, 5) is 30.3. The summed E-state index contributed by atoms with van der Waals surface area (Å²) in [5.74, 6) is 3.69. The fraction of sp³-hybridized carbons (Fsp3) is 0.462. The van der Waals surface area contributed by atoms with E-state index in [1.807, 2.05) is 13.1 Å². The molecule has 0 N–H and O–H groups in total. The van der Waals surface area contributed by atoms with Crippen molar-refractivity contribution in [3.05, 3.63) is 47.6 Å². The van der Waals surface area contributed by atoms with Gasteiger partial charge >= 0.3 is 6.09 Å². The minimum atomic E-state index is -0.319. The first kappa shape index (κ1) is 23.1. The van der Waals surface area contributed by atoms with Gasteiger partial charge in [-0.15, -0.1) is 0 Å². The highest BCUT2D eigenvalue weighted by molar-refractivity contribution is 5.71. The van der Waals surface area contributed by atoms with E-state index >= 15 is 0 Å². The summed E-state index contributed by atoms with van der Waals surface area (Å²) in [5, 5.41) is 0. The topological polar surface area (TPSA) is 89.4 Å². The van der Waals surface area contributed by atoms with Gasteiger partial charge in [-0.1, -0.05) is 0 Å². The molecular weight excluding hydrogens is 446 g/mol. The van der Waals surface area contributed by atoms with Gasteiger partial charge in [0.25, 0.3) is 0 Å². The van der Waals surface area contributed by atoms with Crippen molar-refractivity contribution in [1.82, 2.24) is 14.9 Å². The lowest BCUT2D eigenvalue weighted by Gasteiger charge is -2.39. The Morgan fingerprint density at radius 1 is 1.09 bits per heavy atom. The number of benzene rings is 1. The van der Waals surface area contributed by atoms with Gasteiger partial charge in [0, 0.05) is 44.2 Å². The second kappa shape index (κ2) is 9.93. The van der Waals surface area contributed by atoms with E-state index in [0.29, 0.717) is 30.8 Å². The zero-order valence-electron chi connectivity index (χ0n) is 20.4. The summed E-state index contributed by atoms with van der Waals surface area (Å²) in [6.07, 6.45) is 7.43. The van der Waals surface area contributed by atoms with Crippen LogP contribution in [0.5, 0.6) is 17.4 Å². The lowest BCUT2D eigenvalue weighted by molar-refractivity contribution is 0.137. The lowest BCUT2D eigenvalue weighted by Crippen LogP contribution is -2.49. The minimum absolute atomic E-state index is 0.284. The number of ether oxygens (including phenoxy) is 3. The molecule has 1 fully saturated rings. The zero-order chi connectivity index (χ0) is 24.4. The number of hydrogen-bond acceptors (Lipinski definition) is 8. The second-order valence-corrected chi connectivity index (χ2v) is 9.16. The van der Waals surface area contributed by atoms with Crippen LogP contribution in [0.4, 0.5) is 10.6 Å². The third kappa shape index (κ3) is 4.80. The van der Waals surface area contributed by atoms with Crippen LogP contribution in [0, 0.1) is 0 Å². The van der Waals surface area contributed by atoms with Crippen molar-refractivity contribution in [2.24, 2.45) is 4.99 Å². The van der Waals surface area contributed by atoms with Crippen LogP contribution in [0.15, 0.2) is 47.0 Å². The number of methoxy groups -OCH3 is 1. The maximum Gasteiger partial charge on any atom is 0.415 e. The number of anilines is 1. The van der Waals surface area contributed by atoms with Crippen molar-refractivity contribution in [2.45, 2.75) is 58.0 Å². The maximum atomic E-state index is 12.7. The molecule has 0 aliphatic carbocycles. The summed E-state index contributed by atoms with van der Waals surface area (Å²) in [7, 11) is 1.61. The largest absolute Gasteiger partial charge is 0.497 e. The molecule has 0 spiro atoms. The highest BCUT2D eigenvalue weighted by Gasteiger charge is 2.38. The number of hydrogen-bond donors (Lipinski definition) is 0. The van der Waals surface area contributed by atoms with Crippen LogP contribution in [0.1, 0.15) is 45.1 Å². The summed E-state index contributed by atoms with van der Waals surface area (Å²) < 4.78 is 16.9. The van der Waals surface area contributed by atoms with Gasteiger partial charge in [0.1, 0.15) is 29.4 Å². The van der Waals surface area contributed by atoms with Gasteiger partial charge in [-0.2, -0.15) is 0 Å². The highest BCUT2D eigenvalue weighted by atomic mass is 16.6. The molecule has 1 saturated heterocycles. The Balaban J connectivity index is 1.24. The van der Waals surface area contributed by atoms with Gasteiger partial charge in [0.05, 0.1) is 18.4 Å². The predicted octanol–water partition coefficient (Wildman–Crippen LogP) is 4.37. The average Bonchev–Trinajstić information content (AvgIpc) is 3.22.